The molecule has 20 heteroatoms. The summed E-state index contributed by atoms with van der Waals surface area (Å²) >= 11 is 0. The molecule has 1 saturated heterocycles. The second kappa shape index (κ2) is 72.1. The van der Waals surface area contributed by atoms with E-state index < -0.39 is 0 Å². The van der Waals surface area contributed by atoms with Crippen molar-refractivity contribution in [2.24, 2.45) is 11.8 Å². The van der Waals surface area contributed by atoms with Crippen molar-refractivity contribution in [1.82, 2.24) is 0 Å². The van der Waals surface area contributed by atoms with Crippen LogP contribution in [-0.4, -0.2) is 121 Å². The van der Waals surface area contributed by atoms with Crippen LogP contribution in [0.2, 0.25) is 0 Å². The molecular formula is C110H166O20. The van der Waals surface area contributed by atoms with Gasteiger partial charge in [0.05, 0.1) is 96.3 Å². The number of benzene rings is 5. The van der Waals surface area contributed by atoms with Crippen molar-refractivity contribution >= 4 is 41.8 Å². The van der Waals surface area contributed by atoms with Crippen molar-refractivity contribution in [2.75, 3.05) is 72.7 Å². The van der Waals surface area contributed by atoms with Crippen LogP contribution in [0.5, 0.6) is 34.5 Å². The van der Waals surface area contributed by atoms with Gasteiger partial charge >= 0.3 is 41.8 Å². The summed E-state index contributed by atoms with van der Waals surface area (Å²) in [5.74, 6) is 4.46. The van der Waals surface area contributed by atoms with Crippen molar-refractivity contribution in [3.8, 4) is 34.5 Å². The first-order chi connectivity index (χ1) is 63.7. The van der Waals surface area contributed by atoms with E-state index in [9.17, 15) is 33.6 Å². The standard InChI is InChI=1S/C41H68O10.C38H54O7.C31H44O3/c1-3-5-6-7-10-16-28-45-35-23-24-37(36(34-35)41(44)51-33-20-14-13-19-31-49-40-22-15-21-32-50-40)46-29-17-11-8-9-12-18-30-48-39(43)26-25-38(42)47-27-4-2;1-3-5-10-13-30-14-16-31(17-15-30)32-18-24-35(25-19-32)45-38(41)33-20-22-34(23-21-33)43-28-11-8-6-7-9-12-29-44-37(40)27-26-36(39)42-4-2;1-3-5-7-8-10-24-33-29-20-18-28(19-21-29)31(32)34-30-22-16-27(17-23-30)26-14-12-25(13-15-26)11-9-6-4-2/h23-24,34,40H,3-22,25-33H2,1-2H3;18-25,30-31H,3-17,26-29H2,1-2H3;16-23,25-26H,3-15,24H2,1-2H3. The fourth-order valence-electron chi connectivity index (χ4n) is 16.6. The van der Waals surface area contributed by atoms with Crippen LogP contribution in [0.25, 0.3) is 0 Å². The molecule has 1 heterocycles. The van der Waals surface area contributed by atoms with Crippen molar-refractivity contribution in [1.29, 1.82) is 0 Å². The van der Waals surface area contributed by atoms with Gasteiger partial charge < -0.3 is 61.6 Å². The van der Waals surface area contributed by atoms with Gasteiger partial charge in [0, 0.05) is 13.2 Å². The highest BCUT2D eigenvalue weighted by Gasteiger charge is 2.26. The molecule has 0 bridgehead atoms. The van der Waals surface area contributed by atoms with Crippen LogP contribution >= 0.6 is 0 Å². The fraction of sp³-hybridized carbons (Fsp3) is 0.664. The lowest BCUT2D eigenvalue weighted by atomic mass is 9.77. The van der Waals surface area contributed by atoms with Crippen LogP contribution in [0.4, 0.5) is 0 Å². The Morgan fingerprint density at radius 2 is 0.638 bits per heavy atom. The number of esters is 7. The molecule has 3 aliphatic rings. The third-order valence-electron chi connectivity index (χ3n) is 24.6. The van der Waals surface area contributed by atoms with Crippen LogP contribution in [-0.2, 0) is 52.3 Å². The maximum atomic E-state index is 13.2. The average Bonchev–Trinajstić information content (AvgIpc) is 0.846. The second-order valence-electron chi connectivity index (χ2n) is 35.6. The Labute approximate surface area is 781 Å². The molecule has 1 unspecified atom stereocenters. The summed E-state index contributed by atoms with van der Waals surface area (Å²) < 4.78 is 72.2. The Morgan fingerprint density at radius 1 is 0.292 bits per heavy atom. The molecule has 5 aromatic rings. The fourth-order valence-corrected chi connectivity index (χ4v) is 16.6. The number of rotatable bonds is 67. The molecule has 1 aliphatic heterocycles. The SMILES string of the molecule is CCCCCC1CCC(c2ccc(OC(=O)c3ccc(OCCCCCCCCOC(=O)CCC(=O)OCC)cc3)cc2)CC1.CCCCCCCCOc1ccc(OCCCCCCCCOC(=O)CCC(=O)OCCC)c(C(=O)OCCCCCCOC2CCCCO2)c1.CCCCCCCOc1ccc(C(=O)Oc2ccc(C3CCC(CCCCC)CC3)cc2)cc1. The van der Waals surface area contributed by atoms with Gasteiger partial charge in [-0.05, 0) is 268 Å². The van der Waals surface area contributed by atoms with Gasteiger partial charge in [-0.1, -0.05) is 226 Å². The molecule has 0 spiro atoms. The van der Waals surface area contributed by atoms with E-state index in [0.717, 1.165) is 178 Å². The highest BCUT2D eigenvalue weighted by molar-refractivity contribution is 5.93. The highest BCUT2D eigenvalue weighted by atomic mass is 16.7. The van der Waals surface area contributed by atoms with Gasteiger partial charge in [-0.25, -0.2) is 14.4 Å². The Bertz CT molecular complexity index is 3740. The molecule has 2 aliphatic carbocycles. The molecule has 8 rings (SSSR count). The van der Waals surface area contributed by atoms with Gasteiger partial charge in [0.15, 0.2) is 6.29 Å². The Hall–Kier alpha value is -8.49. The third-order valence-corrected chi connectivity index (χ3v) is 24.6. The minimum absolute atomic E-state index is 0.0428. The Kier molecular flexibility index (Phi) is 61.1. The number of unbranched alkanes of at least 4 members (excludes halogenated alkanes) is 26. The van der Waals surface area contributed by atoms with Gasteiger partial charge in [-0.15, -0.1) is 0 Å². The van der Waals surface area contributed by atoms with Gasteiger partial charge in [0.1, 0.15) is 40.1 Å². The summed E-state index contributed by atoms with van der Waals surface area (Å²) in [5, 5.41) is 0. The molecule has 726 valence electrons. The van der Waals surface area contributed by atoms with E-state index >= 15 is 0 Å². The Balaban J connectivity index is 0.000000306. The van der Waals surface area contributed by atoms with Crippen LogP contribution in [0.3, 0.4) is 0 Å². The van der Waals surface area contributed by atoms with Crippen molar-refractivity contribution in [3.05, 3.63) is 143 Å². The first-order valence-electron chi connectivity index (χ1n) is 51.2. The third kappa shape index (κ3) is 50.9. The van der Waals surface area contributed by atoms with E-state index in [2.05, 4.69) is 52.0 Å². The molecule has 20 nitrogen and oxygen atoms in total. The second-order valence-corrected chi connectivity index (χ2v) is 35.6. The molecule has 0 amide bonds. The van der Waals surface area contributed by atoms with Crippen molar-refractivity contribution in [3.63, 3.8) is 0 Å². The van der Waals surface area contributed by atoms with E-state index in [1.807, 2.05) is 67.6 Å². The number of carbonyl (C=O) groups is 7. The molecule has 2 saturated carbocycles. The zero-order valence-corrected chi connectivity index (χ0v) is 80.9. The molecule has 1 atom stereocenters. The first-order valence-corrected chi connectivity index (χ1v) is 51.2. The summed E-state index contributed by atoms with van der Waals surface area (Å²) in [6, 6.07) is 36.1. The smallest absolute Gasteiger partial charge is 0.343 e. The molecule has 0 radical (unpaired) electrons. The normalized spacial score (nSPS) is 15.8. The lowest BCUT2D eigenvalue weighted by Gasteiger charge is -2.29. The molecule has 5 aromatic carbocycles. The van der Waals surface area contributed by atoms with E-state index in [-0.39, 0.29) is 73.8 Å². The van der Waals surface area contributed by atoms with E-state index in [4.69, 9.17) is 61.6 Å². The monoisotopic (exact) mass is 1810 g/mol. The van der Waals surface area contributed by atoms with Gasteiger partial charge in [0.25, 0.3) is 0 Å². The summed E-state index contributed by atoms with van der Waals surface area (Å²) in [6.45, 7) is 18.4. The number of ether oxygens (including phenoxy) is 13. The van der Waals surface area contributed by atoms with Crippen molar-refractivity contribution < 1.29 is 95.1 Å². The van der Waals surface area contributed by atoms with Crippen LogP contribution < -0.4 is 28.4 Å². The number of hydrogen-bond donors (Lipinski definition) is 0. The minimum atomic E-state index is -0.384. The van der Waals surface area contributed by atoms with Gasteiger partial charge in [-0.3, -0.25) is 19.2 Å². The summed E-state index contributed by atoms with van der Waals surface area (Å²) in [5.41, 5.74) is 4.18. The van der Waals surface area contributed by atoms with Crippen LogP contribution in [0.1, 0.15) is 423 Å². The lowest BCUT2D eigenvalue weighted by Crippen LogP contribution is -2.22. The molecular weight excluding hydrogens is 1640 g/mol. The maximum Gasteiger partial charge on any atom is 0.343 e. The average molecular weight is 1810 g/mol. The van der Waals surface area contributed by atoms with Crippen molar-refractivity contribution in [2.45, 2.75) is 387 Å². The van der Waals surface area contributed by atoms with Crippen LogP contribution in [0.15, 0.2) is 115 Å². The lowest BCUT2D eigenvalue weighted by molar-refractivity contribution is -0.162. The molecule has 0 N–H and O–H groups in total. The number of hydrogen-bond acceptors (Lipinski definition) is 20. The van der Waals surface area contributed by atoms with Gasteiger partial charge in [-0.2, -0.15) is 0 Å². The highest BCUT2D eigenvalue weighted by Crippen LogP contribution is 2.40. The zero-order valence-electron chi connectivity index (χ0n) is 80.9. The Morgan fingerprint density at radius 3 is 1.04 bits per heavy atom. The largest absolute Gasteiger partial charge is 0.494 e. The predicted molar refractivity (Wildman–Crippen MR) is 516 cm³/mol. The summed E-state index contributed by atoms with van der Waals surface area (Å²) in [4.78, 5) is 84.6. The quantitative estimate of drug-likeness (QED) is 0.0152. The maximum absolute atomic E-state index is 13.2. The van der Waals surface area contributed by atoms with E-state index in [0.29, 0.717) is 111 Å². The van der Waals surface area contributed by atoms with Crippen LogP contribution in [0, 0.1) is 11.8 Å². The predicted octanol–water partition coefficient (Wildman–Crippen LogP) is 28.2. The molecule has 130 heavy (non-hydrogen) atoms. The zero-order chi connectivity index (χ0) is 92.7. The molecule has 0 aromatic heterocycles. The first kappa shape index (κ1) is 110. The number of carbonyl (C=O) groups excluding carboxylic acids is 7. The van der Waals surface area contributed by atoms with E-state index in [1.54, 1.807) is 37.3 Å². The minimum Gasteiger partial charge on any atom is -0.494 e. The van der Waals surface area contributed by atoms with E-state index in [1.165, 1.54) is 172 Å². The summed E-state index contributed by atoms with van der Waals surface area (Å²) in [7, 11) is 0. The van der Waals surface area contributed by atoms with Gasteiger partial charge in [0.2, 0.25) is 0 Å². The molecule has 3 fully saturated rings. The summed E-state index contributed by atoms with van der Waals surface area (Å²) in [6.07, 6.45) is 54.2. The topological polar surface area (TPSA) is 239 Å².